The van der Waals surface area contributed by atoms with Crippen molar-refractivity contribution in [2.24, 2.45) is 5.41 Å². The molecule has 74 valence electrons. The molecule has 0 atom stereocenters. The van der Waals surface area contributed by atoms with E-state index in [2.05, 4.69) is 10.2 Å². The molecule has 0 bridgehead atoms. The predicted octanol–water partition coefficient (Wildman–Crippen LogP) is 0.608. The molecular weight excluding hydrogens is 164 g/mol. The summed E-state index contributed by atoms with van der Waals surface area (Å²) in [5.74, 6) is 0.149. The number of amides is 1. The lowest BCUT2D eigenvalue weighted by Gasteiger charge is -2.38. The normalized spacial score (nSPS) is 25.9. The molecule has 0 unspecified atom stereocenters. The van der Waals surface area contributed by atoms with Gasteiger partial charge in [0, 0.05) is 13.6 Å². The van der Waals surface area contributed by atoms with E-state index in [9.17, 15) is 4.79 Å². The highest BCUT2D eigenvalue weighted by atomic mass is 16.1. The van der Waals surface area contributed by atoms with Gasteiger partial charge < -0.3 is 5.32 Å². The summed E-state index contributed by atoms with van der Waals surface area (Å²) in [4.78, 5) is 13.4. The van der Waals surface area contributed by atoms with Crippen LogP contribution in [0.4, 0.5) is 0 Å². The Morgan fingerprint density at radius 3 is 2.69 bits per heavy atom. The van der Waals surface area contributed by atoms with Crippen LogP contribution in [0.3, 0.4) is 0 Å². The Morgan fingerprint density at radius 2 is 2.23 bits per heavy atom. The highest BCUT2D eigenvalue weighted by Crippen LogP contribution is 2.47. The van der Waals surface area contributed by atoms with Gasteiger partial charge in [-0.05, 0) is 31.2 Å². The monoisotopic (exact) mass is 182 g/mol. The van der Waals surface area contributed by atoms with Crippen LogP contribution in [0.2, 0.25) is 0 Å². The Bertz CT molecular complexity index is 211. The molecule has 2 fully saturated rings. The molecule has 1 aliphatic carbocycles. The largest absolute Gasteiger partial charge is 0.358 e. The topological polar surface area (TPSA) is 32.3 Å². The average Bonchev–Trinajstić information content (AvgIpc) is 2.48. The van der Waals surface area contributed by atoms with Crippen molar-refractivity contribution in [1.82, 2.24) is 10.2 Å². The molecule has 13 heavy (non-hydrogen) atoms. The highest BCUT2D eigenvalue weighted by molar-refractivity contribution is 5.77. The fourth-order valence-electron chi connectivity index (χ4n) is 2.53. The van der Waals surface area contributed by atoms with Gasteiger partial charge in [-0.1, -0.05) is 6.42 Å². The minimum Gasteiger partial charge on any atom is -0.358 e. The molecule has 3 heteroatoms. The van der Waals surface area contributed by atoms with Gasteiger partial charge in [0.1, 0.15) is 0 Å². The molecule has 1 saturated carbocycles. The van der Waals surface area contributed by atoms with Crippen LogP contribution in [0.25, 0.3) is 0 Å². The van der Waals surface area contributed by atoms with Crippen molar-refractivity contribution < 1.29 is 4.79 Å². The van der Waals surface area contributed by atoms with Crippen molar-refractivity contribution in [3.8, 4) is 0 Å². The standard InChI is InChI=1S/C10H18N2O/c1-11-9(13)7-12-6-5-10(8-12)3-2-4-10/h2-8H2,1H3,(H,11,13). The summed E-state index contributed by atoms with van der Waals surface area (Å²) >= 11 is 0. The molecule has 1 aliphatic heterocycles. The number of likely N-dealkylation sites (tertiary alicyclic amines) is 1. The number of carbonyl (C=O) groups is 1. The molecule has 0 aromatic rings. The molecule has 1 heterocycles. The van der Waals surface area contributed by atoms with Gasteiger partial charge in [0.25, 0.3) is 0 Å². The minimum absolute atomic E-state index is 0.149. The van der Waals surface area contributed by atoms with E-state index < -0.39 is 0 Å². The second-order valence-corrected chi connectivity index (χ2v) is 4.49. The molecular formula is C10H18N2O. The van der Waals surface area contributed by atoms with E-state index >= 15 is 0 Å². The fraction of sp³-hybridized carbons (Fsp3) is 0.900. The molecule has 1 saturated heterocycles. The van der Waals surface area contributed by atoms with Gasteiger partial charge in [-0.15, -0.1) is 0 Å². The quantitative estimate of drug-likeness (QED) is 0.678. The van der Waals surface area contributed by atoms with Crippen LogP contribution in [0.1, 0.15) is 25.7 Å². The molecule has 0 aromatic heterocycles. The van der Waals surface area contributed by atoms with E-state index in [-0.39, 0.29) is 5.91 Å². The van der Waals surface area contributed by atoms with Gasteiger partial charge in [0.05, 0.1) is 6.54 Å². The second kappa shape index (κ2) is 3.29. The van der Waals surface area contributed by atoms with Crippen LogP contribution >= 0.6 is 0 Å². The van der Waals surface area contributed by atoms with Crippen molar-refractivity contribution in [2.75, 3.05) is 26.7 Å². The number of likely N-dealkylation sites (N-methyl/N-ethyl adjacent to an activating group) is 1. The van der Waals surface area contributed by atoms with Crippen LogP contribution in [0, 0.1) is 5.41 Å². The van der Waals surface area contributed by atoms with E-state index in [1.807, 2.05) is 0 Å². The summed E-state index contributed by atoms with van der Waals surface area (Å²) in [6, 6.07) is 0. The van der Waals surface area contributed by atoms with Crippen molar-refractivity contribution in [3.63, 3.8) is 0 Å². The third kappa shape index (κ3) is 1.70. The zero-order valence-electron chi connectivity index (χ0n) is 8.31. The number of nitrogens with zero attached hydrogens (tertiary/aromatic N) is 1. The van der Waals surface area contributed by atoms with Gasteiger partial charge in [0.2, 0.25) is 5.91 Å². The maximum absolute atomic E-state index is 11.1. The lowest BCUT2D eigenvalue weighted by Crippen LogP contribution is -2.37. The molecule has 3 nitrogen and oxygen atoms in total. The van der Waals surface area contributed by atoms with Gasteiger partial charge in [-0.2, -0.15) is 0 Å². The molecule has 0 aromatic carbocycles. The number of hydrogen-bond donors (Lipinski definition) is 1. The van der Waals surface area contributed by atoms with Crippen molar-refractivity contribution in [2.45, 2.75) is 25.7 Å². The highest BCUT2D eigenvalue weighted by Gasteiger charge is 2.42. The lowest BCUT2D eigenvalue weighted by atomic mass is 9.68. The van der Waals surface area contributed by atoms with E-state index in [0.717, 1.165) is 13.1 Å². The second-order valence-electron chi connectivity index (χ2n) is 4.49. The van der Waals surface area contributed by atoms with Crippen molar-refractivity contribution in [3.05, 3.63) is 0 Å². The van der Waals surface area contributed by atoms with Crippen molar-refractivity contribution in [1.29, 1.82) is 0 Å². The fourth-order valence-corrected chi connectivity index (χ4v) is 2.53. The molecule has 1 spiro atoms. The zero-order chi connectivity index (χ0) is 9.31. The van der Waals surface area contributed by atoms with Crippen molar-refractivity contribution >= 4 is 5.91 Å². The van der Waals surface area contributed by atoms with E-state index in [4.69, 9.17) is 0 Å². The number of hydrogen-bond acceptors (Lipinski definition) is 2. The minimum atomic E-state index is 0.149. The first-order chi connectivity index (χ1) is 6.24. The van der Waals surface area contributed by atoms with Crippen LogP contribution in [-0.4, -0.2) is 37.5 Å². The number of rotatable bonds is 2. The summed E-state index contributed by atoms with van der Waals surface area (Å²) in [5, 5.41) is 2.67. The molecule has 2 rings (SSSR count). The Morgan fingerprint density at radius 1 is 1.46 bits per heavy atom. The van der Waals surface area contributed by atoms with Gasteiger partial charge in [0.15, 0.2) is 0 Å². The van der Waals surface area contributed by atoms with E-state index in [0.29, 0.717) is 12.0 Å². The van der Waals surface area contributed by atoms with Crippen LogP contribution in [-0.2, 0) is 4.79 Å². The van der Waals surface area contributed by atoms with Crippen LogP contribution in [0.5, 0.6) is 0 Å². The molecule has 0 radical (unpaired) electrons. The Labute approximate surface area is 79.5 Å². The number of nitrogens with one attached hydrogen (secondary N) is 1. The molecule has 2 aliphatic rings. The third-order valence-corrected chi connectivity index (χ3v) is 3.58. The van der Waals surface area contributed by atoms with Gasteiger partial charge >= 0.3 is 0 Å². The summed E-state index contributed by atoms with van der Waals surface area (Å²) in [6.07, 6.45) is 5.48. The first-order valence-corrected chi connectivity index (χ1v) is 5.17. The average molecular weight is 182 g/mol. The Hall–Kier alpha value is -0.570. The number of carbonyl (C=O) groups excluding carboxylic acids is 1. The summed E-state index contributed by atoms with van der Waals surface area (Å²) in [5.41, 5.74) is 0.619. The first-order valence-electron chi connectivity index (χ1n) is 5.17. The third-order valence-electron chi connectivity index (χ3n) is 3.58. The van der Waals surface area contributed by atoms with Crippen LogP contribution < -0.4 is 5.32 Å². The smallest absolute Gasteiger partial charge is 0.233 e. The summed E-state index contributed by atoms with van der Waals surface area (Å²) in [6.45, 7) is 2.87. The predicted molar refractivity (Wildman–Crippen MR) is 51.4 cm³/mol. The first kappa shape index (κ1) is 9.00. The zero-order valence-corrected chi connectivity index (χ0v) is 8.31. The van der Waals surface area contributed by atoms with Crippen LogP contribution in [0.15, 0.2) is 0 Å². The van der Waals surface area contributed by atoms with E-state index in [1.54, 1.807) is 7.05 Å². The summed E-state index contributed by atoms with van der Waals surface area (Å²) in [7, 11) is 1.71. The van der Waals surface area contributed by atoms with E-state index in [1.165, 1.54) is 25.7 Å². The molecule has 1 N–H and O–H groups in total. The van der Waals surface area contributed by atoms with Gasteiger partial charge in [-0.25, -0.2) is 0 Å². The Balaban J connectivity index is 1.81. The SMILES string of the molecule is CNC(=O)CN1CCC2(CCC2)C1. The lowest BCUT2D eigenvalue weighted by molar-refractivity contribution is -0.121. The Kier molecular flexibility index (Phi) is 2.28. The maximum atomic E-state index is 11.1. The maximum Gasteiger partial charge on any atom is 0.233 e. The summed E-state index contributed by atoms with van der Waals surface area (Å²) < 4.78 is 0. The molecule has 1 amide bonds. The van der Waals surface area contributed by atoms with Gasteiger partial charge in [-0.3, -0.25) is 9.69 Å².